The van der Waals surface area contributed by atoms with E-state index in [1.54, 1.807) is 0 Å². The van der Waals surface area contributed by atoms with Crippen LogP contribution in [0.4, 0.5) is 0 Å². The van der Waals surface area contributed by atoms with Crippen molar-refractivity contribution >= 4 is 21.6 Å². The summed E-state index contributed by atoms with van der Waals surface area (Å²) in [5.74, 6) is 0. The highest BCUT2D eigenvalue weighted by Crippen LogP contribution is 2.25. The Morgan fingerprint density at radius 3 is 2.37 bits per heavy atom. The average Bonchev–Trinajstić information content (AvgIpc) is 2.38. The zero-order valence-electron chi connectivity index (χ0n) is 10.2. The van der Waals surface area contributed by atoms with Crippen molar-refractivity contribution in [2.45, 2.75) is 4.90 Å². The first kappa shape index (κ1) is 15.4. The highest BCUT2D eigenvalue weighted by molar-refractivity contribution is 7.89. The van der Waals surface area contributed by atoms with E-state index >= 15 is 0 Å². The summed E-state index contributed by atoms with van der Waals surface area (Å²) in [6, 6.07) is 6.15. The van der Waals surface area contributed by atoms with E-state index in [0.717, 1.165) is 0 Å². The monoisotopic (exact) mass is 296 g/mol. The fourth-order valence-electron chi connectivity index (χ4n) is 1.53. The van der Waals surface area contributed by atoms with Gasteiger partial charge in [0.1, 0.15) is 11.0 Å². The molecule has 0 saturated carbocycles. The zero-order valence-corrected chi connectivity index (χ0v) is 11.8. The molecular weight excluding hydrogens is 284 g/mol. The molecule has 1 aromatic rings. The van der Waals surface area contributed by atoms with E-state index in [9.17, 15) is 8.42 Å². The maximum Gasteiger partial charge on any atom is 0.245 e. The van der Waals surface area contributed by atoms with Crippen molar-refractivity contribution in [2.24, 2.45) is 0 Å². The van der Waals surface area contributed by atoms with E-state index in [4.69, 9.17) is 16.9 Å². The first-order chi connectivity index (χ1) is 8.98. The lowest BCUT2D eigenvalue weighted by Gasteiger charge is -2.19. The second-order valence-corrected chi connectivity index (χ2v) is 5.94. The minimum atomic E-state index is -3.81. The van der Waals surface area contributed by atoms with Gasteiger partial charge in [0.15, 0.2) is 0 Å². The predicted molar refractivity (Wildman–Crippen MR) is 75.3 cm³/mol. The fourth-order valence-corrected chi connectivity index (χ4v) is 3.34. The van der Waals surface area contributed by atoms with Gasteiger partial charge in [-0.1, -0.05) is 29.8 Å². The Balaban J connectivity index is 3.41. The predicted octanol–water partition coefficient (Wildman–Crippen LogP) is 2.57. The van der Waals surface area contributed by atoms with Crippen molar-refractivity contribution in [3.8, 4) is 6.07 Å². The van der Waals surface area contributed by atoms with Crippen LogP contribution < -0.4 is 0 Å². The highest BCUT2D eigenvalue weighted by Gasteiger charge is 2.26. The Bertz CT molecular complexity index is 623. The van der Waals surface area contributed by atoms with Crippen molar-refractivity contribution < 1.29 is 8.42 Å². The SMILES string of the molecule is C=CCN(CC=C)S(=O)(=O)c1cccc(Cl)c1C#N. The second-order valence-electron chi connectivity index (χ2n) is 3.62. The second kappa shape index (κ2) is 6.53. The molecule has 6 heteroatoms. The number of hydrogen-bond donors (Lipinski definition) is 0. The molecule has 0 aliphatic carbocycles. The van der Waals surface area contributed by atoms with Crippen LogP contribution in [0.15, 0.2) is 48.4 Å². The fraction of sp³-hybridized carbons (Fsp3) is 0.154. The Labute approximate surface area is 118 Å². The summed E-state index contributed by atoms with van der Waals surface area (Å²) in [6.45, 7) is 7.30. The van der Waals surface area contributed by atoms with Gasteiger partial charge in [0.05, 0.1) is 10.6 Å². The molecule has 1 aromatic carbocycles. The molecule has 0 heterocycles. The number of rotatable bonds is 6. The maximum absolute atomic E-state index is 12.5. The van der Waals surface area contributed by atoms with Crippen LogP contribution in [0, 0.1) is 11.3 Å². The molecule has 0 unspecified atom stereocenters. The van der Waals surface area contributed by atoms with Crippen molar-refractivity contribution in [2.75, 3.05) is 13.1 Å². The van der Waals surface area contributed by atoms with Crippen LogP contribution in [0.5, 0.6) is 0 Å². The molecular formula is C13H13ClN2O2S. The van der Waals surface area contributed by atoms with Gasteiger partial charge < -0.3 is 0 Å². The molecule has 0 bridgehead atoms. The topological polar surface area (TPSA) is 61.2 Å². The minimum Gasteiger partial charge on any atom is -0.207 e. The molecule has 1 rings (SSSR count). The van der Waals surface area contributed by atoms with Gasteiger partial charge in [-0.25, -0.2) is 8.42 Å². The van der Waals surface area contributed by atoms with E-state index in [1.165, 1.54) is 34.7 Å². The molecule has 19 heavy (non-hydrogen) atoms. The standard InChI is InChI=1S/C13H13ClN2O2S/c1-3-8-16(9-4-2)19(17,18)13-7-5-6-12(14)11(13)10-15/h3-7H,1-2,8-9H2. The molecule has 4 nitrogen and oxygen atoms in total. The zero-order chi connectivity index (χ0) is 14.5. The maximum atomic E-state index is 12.5. The van der Waals surface area contributed by atoms with Gasteiger partial charge >= 0.3 is 0 Å². The summed E-state index contributed by atoms with van der Waals surface area (Å²) in [5, 5.41) is 9.16. The summed E-state index contributed by atoms with van der Waals surface area (Å²) >= 11 is 5.85. The lowest BCUT2D eigenvalue weighted by atomic mass is 10.2. The van der Waals surface area contributed by atoms with Crippen molar-refractivity contribution in [1.82, 2.24) is 4.31 Å². The van der Waals surface area contributed by atoms with Crippen LogP contribution in [0.1, 0.15) is 5.56 Å². The summed E-state index contributed by atoms with van der Waals surface area (Å²) < 4.78 is 26.1. The van der Waals surface area contributed by atoms with E-state index in [2.05, 4.69) is 13.2 Å². The van der Waals surface area contributed by atoms with Gasteiger partial charge in [-0.2, -0.15) is 9.57 Å². The molecule has 100 valence electrons. The van der Waals surface area contributed by atoms with Crippen molar-refractivity contribution in [3.63, 3.8) is 0 Å². The molecule has 0 amide bonds. The molecule has 0 aromatic heterocycles. The quantitative estimate of drug-likeness (QED) is 0.758. The molecule has 0 fully saturated rings. The number of sulfonamides is 1. The number of nitrogens with zero attached hydrogens (tertiary/aromatic N) is 2. The first-order valence-electron chi connectivity index (χ1n) is 5.39. The van der Waals surface area contributed by atoms with Gasteiger partial charge in [-0.05, 0) is 12.1 Å². The lowest BCUT2D eigenvalue weighted by Crippen LogP contribution is -2.32. The van der Waals surface area contributed by atoms with Crippen LogP contribution in [-0.4, -0.2) is 25.8 Å². The van der Waals surface area contributed by atoms with E-state index < -0.39 is 10.0 Å². The first-order valence-corrected chi connectivity index (χ1v) is 7.21. The Morgan fingerprint density at radius 2 is 1.89 bits per heavy atom. The molecule has 0 atom stereocenters. The number of hydrogen-bond acceptors (Lipinski definition) is 3. The third-order valence-electron chi connectivity index (χ3n) is 2.37. The van der Waals surface area contributed by atoms with E-state index in [-0.39, 0.29) is 28.6 Å². The molecule has 0 aliphatic rings. The smallest absolute Gasteiger partial charge is 0.207 e. The normalized spacial score (nSPS) is 11.0. The molecule has 0 saturated heterocycles. The lowest BCUT2D eigenvalue weighted by molar-refractivity contribution is 0.474. The number of halogens is 1. The van der Waals surface area contributed by atoms with Crippen molar-refractivity contribution in [1.29, 1.82) is 5.26 Å². The van der Waals surface area contributed by atoms with Gasteiger partial charge in [0.2, 0.25) is 10.0 Å². The Morgan fingerprint density at radius 1 is 1.32 bits per heavy atom. The van der Waals surface area contributed by atoms with Gasteiger partial charge in [-0.3, -0.25) is 0 Å². The number of benzene rings is 1. The minimum absolute atomic E-state index is 0.0534. The van der Waals surface area contributed by atoms with Crippen molar-refractivity contribution in [3.05, 3.63) is 54.1 Å². The third-order valence-corrected chi connectivity index (χ3v) is 4.56. The van der Waals surface area contributed by atoms with E-state index in [1.807, 2.05) is 6.07 Å². The molecule has 0 N–H and O–H groups in total. The van der Waals surface area contributed by atoms with Gasteiger partial charge in [-0.15, -0.1) is 13.2 Å². The summed E-state index contributed by atoms with van der Waals surface area (Å²) in [5.41, 5.74) is -0.0534. The molecule has 0 radical (unpaired) electrons. The van der Waals surface area contributed by atoms with Crippen LogP contribution in [0.25, 0.3) is 0 Å². The van der Waals surface area contributed by atoms with Crippen LogP contribution in [0.3, 0.4) is 0 Å². The van der Waals surface area contributed by atoms with Crippen LogP contribution in [-0.2, 0) is 10.0 Å². The molecule has 0 spiro atoms. The van der Waals surface area contributed by atoms with Gasteiger partial charge in [0.25, 0.3) is 0 Å². The summed E-state index contributed by atoms with van der Waals surface area (Å²) in [7, 11) is -3.81. The Kier molecular flexibility index (Phi) is 5.31. The van der Waals surface area contributed by atoms with E-state index in [0.29, 0.717) is 0 Å². The highest BCUT2D eigenvalue weighted by atomic mass is 35.5. The van der Waals surface area contributed by atoms with Gasteiger partial charge in [0, 0.05) is 13.1 Å². The van der Waals surface area contributed by atoms with Crippen LogP contribution in [0.2, 0.25) is 5.02 Å². The third kappa shape index (κ3) is 3.24. The Hall–Kier alpha value is -1.61. The number of nitriles is 1. The van der Waals surface area contributed by atoms with Crippen LogP contribution >= 0.6 is 11.6 Å². The largest absolute Gasteiger partial charge is 0.245 e. The average molecular weight is 297 g/mol. The summed E-state index contributed by atoms with van der Waals surface area (Å²) in [4.78, 5) is -0.105. The molecule has 0 aliphatic heterocycles. The summed E-state index contributed by atoms with van der Waals surface area (Å²) in [6.07, 6.45) is 2.94.